The van der Waals surface area contributed by atoms with Gasteiger partial charge in [-0.1, -0.05) is 25.0 Å². The lowest BCUT2D eigenvalue weighted by Gasteiger charge is -2.25. The van der Waals surface area contributed by atoms with E-state index in [0.717, 1.165) is 31.2 Å². The summed E-state index contributed by atoms with van der Waals surface area (Å²) in [4.78, 5) is 24.4. The van der Waals surface area contributed by atoms with Crippen molar-refractivity contribution in [2.75, 3.05) is 11.9 Å². The summed E-state index contributed by atoms with van der Waals surface area (Å²) in [5.74, 6) is 0.0138. The number of anilines is 1. The Bertz CT molecular complexity index is 717. The molecule has 3 rings (SSSR count). The van der Waals surface area contributed by atoms with Gasteiger partial charge in [-0.05, 0) is 42.7 Å². The molecule has 0 spiro atoms. The number of hydrogen-bond acceptors (Lipinski definition) is 4. The van der Waals surface area contributed by atoms with Crippen molar-refractivity contribution in [1.29, 1.82) is 0 Å². The van der Waals surface area contributed by atoms with Gasteiger partial charge >= 0.3 is 0 Å². The number of benzene rings is 1. The maximum absolute atomic E-state index is 12.5. The van der Waals surface area contributed by atoms with Crippen LogP contribution in [0.2, 0.25) is 0 Å². The lowest BCUT2D eigenvalue weighted by molar-refractivity contribution is -0.130. The fraction of sp³-hybridized carbons (Fsp3) is 0.368. The van der Waals surface area contributed by atoms with Crippen molar-refractivity contribution < 1.29 is 14.0 Å². The first-order chi connectivity index (χ1) is 12.1. The second-order valence-electron chi connectivity index (χ2n) is 6.50. The van der Waals surface area contributed by atoms with Gasteiger partial charge in [-0.15, -0.1) is 0 Å². The molecule has 1 aromatic carbocycles. The third-order valence-electron chi connectivity index (χ3n) is 4.84. The van der Waals surface area contributed by atoms with Gasteiger partial charge in [-0.25, -0.2) is 0 Å². The number of carbonyl (C=O) groups excluding carboxylic acids is 2. The normalized spacial score (nSPS) is 15.7. The van der Waals surface area contributed by atoms with Gasteiger partial charge in [0.05, 0.1) is 11.7 Å². The van der Waals surface area contributed by atoms with Gasteiger partial charge in [0.25, 0.3) is 5.91 Å². The molecule has 1 heterocycles. The summed E-state index contributed by atoms with van der Waals surface area (Å²) in [6, 6.07) is 10.6. The smallest absolute Gasteiger partial charge is 0.291 e. The Morgan fingerprint density at radius 2 is 1.84 bits per heavy atom. The van der Waals surface area contributed by atoms with Crippen molar-refractivity contribution in [2.24, 2.45) is 11.1 Å². The number of hydrogen-bond donors (Lipinski definition) is 3. The Labute approximate surface area is 146 Å². The molecule has 0 atom stereocenters. The lowest BCUT2D eigenvalue weighted by Crippen LogP contribution is -2.43. The minimum atomic E-state index is -0.392. The summed E-state index contributed by atoms with van der Waals surface area (Å²) < 4.78 is 5.06. The van der Waals surface area contributed by atoms with Crippen LogP contribution in [0, 0.1) is 5.41 Å². The molecule has 2 amide bonds. The van der Waals surface area contributed by atoms with Crippen molar-refractivity contribution >= 4 is 17.5 Å². The summed E-state index contributed by atoms with van der Waals surface area (Å²) in [5, 5.41) is 5.75. The van der Waals surface area contributed by atoms with Crippen LogP contribution >= 0.6 is 0 Å². The topological polar surface area (TPSA) is 97.4 Å². The Balaban J connectivity index is 1.54. The van der Waals surface area contributed by atoms with E-state index in [0.29, 0.717) is 18.8 Å². The molecule has 2 aromatic rings. The molecule has 1 aliphatic carbocycles. The summed E-state index contributed by atoms with van der Waals surface area (Å²) in [6.07, 6.45) is 5.32. The standard InChI is InChI=1S/C19H23N3O3/c20-13-19(9-1-2-10-19)18(24)21-12-14-5-7-15(8-6-14)22-17(23)16-4-3-11-25-16/h3-8,11H,1-2,9-10,12-13,20H2,(H,21,24)(H,22,23). The van der Waals surface area contributed by atoms with Crippen LogP contribution in [0.4, 0.5) is 5.69 Å². The zero-order chi connectivity index (χ0) is 17.7. The van der Waals surface area contributed by atoms with Crippen molar-refractivity contribution in [1.82, 2.24) is 5.32 Å². The predicted octanol–water partition coefficient (Wildman–Crippen LogP) is 2.67. The molecule has 1 aromatic heterocycles. The summed E-state index contributed by atoms with van der Waals surface area (Å²) in [6.45, 7) is 0.851. The molecule has 6 heteroatoms. The molecule has 0 bridgehead atoms. The highest BCUT2D eigenvalue weighted by molar-refractivity contribution is 6.02. The van der Waals surface area contributed by atoms with Crippen LogP contribution in [0.5, 0.6) is 0 Å². The van der Waals surface area contributed by atoms with Crippen LogP contribution < -0.4 is 16.4 Å². The SMILES string of the molecule is NCC1(C(=O)NCc2ccc(NC(=O)c3ccco3)cc2)CCCC1. The van der Waals surface area contributed by atoms with E-state index >= 15 is 0 Å². The molecule has 0 saturated heterocycles. The first-order valence-electron chi connectivity index (χ1n) is 8.55. The summed E-state index contributed by atoms with van der Waals surface area (Å²) >= 11 is 0. The summed E-state index contributed by atoms with van der Waals surface area (Å²) in [7, 11) is 0. The Hall–Kier alpha value is -2.60. The second kappa shape index (κ2) is 7.53. The third kappa shape index (κ3) is 3.91. The molecular formula is C19H23N3O3. The Morgan fingerprint density at radius 1 is 1.12 bits per heavy atom. The van der Waals surface area contributed by atoms with E-state index in [-0.39, 0.29) is 17.6 Å². The maximum Gasteiger partial charge on any atom is 0.291 e. The van der Waals surface area contributed by atoms with Crippen molar-refractivity contribution in [3.8, 4) is 0 Å². The first-order valence-corrected chi connectivity index (χ1v) is 8.55. The van der Waals surface area contributed by atoms with Crippen molar-refractivity contribution in [2.45, 2.75) is 32.2 Å². The van der Waals surface area contributed by atoms with Crippen LogP contribution in [-0.4, -0.2) is 18.4 Å². The van der Waals surface area contributed by atoms with Gasteiger partial charge in [0.2, 0.25) is 5.91 Å². The molecule has 6 nitrogen and oxygen atoms in total. The Morgan fingerprint density at radius 3 is 2.44 bits per heavy atom. The molecule has 1 saturated carbocycles. The van der Waals surface area contributed by atoms with Gasteiger partial charge in [-0.2, -0.15) is 0 Å². The minimum absolute atomic E-state index is 0.0442. The maximum atomic E-state index is 12.5. The number of furan rings is 1. The monoisotopic (exact) mass is 341 g/mol. The molecule has 0 aliphatic heterocycles. The number of nitrogens with one attached hydrogen (secondary N) is 2. The van der Waals surface area contributed by atoms with E-state index in [9.17, 15) is 9.59 Å². The number of amides is 2. The minimum Gasteiger partial charge on any atom is -0.459 e. The average molecular weight is 341 g/mol. The Kier molecular flexibility index (Phi) is 5.19. The number of nitrogens with two attached hydrogens (primary N) is 1. The van der Waals surface area contributed by atoms with Crippen molar-refractivity contribution in [3.63, 3.8) is 0 Å². The largest absolute Gasteiger partial charge is 0.459 e. The van der Waals surface area contributed by atoms with Crippen LogP contribution in [0.15, 0.2) is 47.1 Å². The van der Waals surface area contributed by atoms with Crippen LogP contribution in [0.3, 0.4) is 0 Å². The fourth-order valence-corrected chi connectivity index (χ4v) is 3.25. The molecule has 4 N–H and O–H groups in total. The molecular weight excluding hydrogens is 318 g/mol. The van der Waals surface area contributed by atoms with Crippen LogP contribution in [0.25, 0.3) is 0 Å². The van der Waals surface area contributed by atoms with E-state index in [2.05, 4.69) is 10.6 Å². The molecule has 25 heavy (non-hydrogen) atoms. The predicted molar refractivity (Wildman–Crippen MR) is 94.9 cm³/mol. The quantitative estimate of drug-likeness (QED) is 0.752. The van der Waals surface area contributed by atoms with E-state index in [1.807, 2.05) is 12.1 Å². The van der Waals surface area contributed by atoms with Crippen LogP contribution in [0.1, 0.15) is 41.8 Å². The second-order valence-corrected chi connectivity index (χ2v) is 6.50. The van der Waals surface area contributed by atoms with Gasteiger partial charge in [0.15, 0.2) is 5.76 Å². The highest BCUT2D eigenvalue weighted by Gasteiger charge is 2.39. The first kappa shape index (κ1) is 17.2. The van der Waals surface area contributed by atoms with E-state index in [1.54, 1.807) is 24.3 Å². The van der Waals surface area contributed by atoms with E-state index in [1.165, 1.54) is 6.26 Å². The molecule has 1 fully saturated rings. The fourth-order valence-electron chi connectivity index (χ4n) is 3.25. The lowest BCUT2D eigenvalue weighted by atomic mass is 9.85. The molecule has 132 valence electrons. The van der Waals surface area contributed by atoms with Gasteiger partial charge in [0, 0.05) is 18.8 Å². The van der Waals surface area contributed by atoms with Gasteiger partial charge in [-0.3, -0.25) is 9.59 Å². The summed E-state index contributed by atoms with van der Waals surface area (Å²) in [5.41, 5.74) is 7.08. The number of rotatable bonds is 6. The number of carbonyl (C=O) groups is 2. The zero-order valence-electron chi connectivity index (χ0n) is 14.1. The van der Waals surface area contributed by atoms with Gasteiger partial charge in [0.1, 0.15) is 0 Å². The van der Waals surface area contributed by atoms with Gasteiger partial charge < -0.3 is 20.8 Å². The molecule has 0 radical (unpaired) electrons. The van der Waals surface area contributed by atoms with E-state index < -0.39 is 5.41 Å². The average Bonchev–Trinajstić information content (AvgIpc) is 3.33. The molecule has 0 unspecified atom stereocenters. The van der Waals surface area contributed by atoms with Crippen molar-refractivity contribution in [3.05, 3.63) is 54.0 Å². The highest BCUT2D eigenvalue weighted by atomic mass is 16.3. The van der Waals surface area contributed by atoms with E-state index in [4.69, 9.17) is 10.2 Å². The van der Waals surface area contributed by atoms with Crippen LogP contribution in [-0.2, 0) is 11.3 Å². The zero-order valence-corrected chi connectivity index (χ0v) is 14.1. The highest BCUT2D eigenvalue weighted by Crippen LogP contribution is 2.37. The third-order valence-corrected chi connectivity index (χ3v) is 4.84. The molecule has 1 aliphatic rings.